The van der Waals surface area contributed by atoms with E-state index in [-0.39, 0.29) is 17.7 Å². The first kappa shape index (κ1) is 11.9. The molecule has 1 aromatic rings. The minimum atomic E-state index is -0.581. The Morgan fingerprint density at radius 2 is 2.25 bits per heavy atom. The first-order chi connectivity index (χ1) is 7.63. The Kier molecular flexibility index (Phi) is 3.78. The van der Waals surface area contributed by atoms with Gasteiger partial charge in [0.1, 0.15) is 12.4 Å². The Morgan fingerprint density at radius 1 is 1.56 bits per heavy atom. The number of esters is 1. The summed E-state index contributed by atoms with van der Waals surface area (Å²) in [7, 11) is 0. The Bertz CT molecular complexity index is 472. The SMILES string of the molecule is CCOC(=O)c1cc(C=O)c(C)cc1C#N. The molecule has 0 bridgehead atoms. The predicted octanol–water partition coefficient (Wildman–Crippen LogP) is 1.86. The summed E-state index contributed by atoms with van der Waals surface area (Å²) in [5, 5.41) is 8.88. The van der Waals surface area contributed by atoms with Crippen LogP contribution in [0.4, 0.5) is 0 Å². The molecule has 4 nitrogen and oxygen atoms in total. The van der Waals surface area contributed by atoms with E-state index in [4.69, 9.17) is 10.00 Å². The van der Waals surface area contributed by atoms with Crippen LogP contribution in [0.1, 0.15) is 38.8 Å². The van der Waals surface area contributed by atoms with Crippen LogP contribution in [0.15, 0.2) is 12.1 Å². The smallest absolute Gasteiger partial charge is 0.339 e. The summed E-state index contributed by atoms with van der Waals surface area (Å²) in [5.74, 6) is -0.581. The Morgan fingerprint density at radius 3 is 2.75 bits per heavy atom. The van der Waals surface area contributed by atoms with Gasteiger partial charge in [-0.1, -0.05) is 0 Å². The number of ether oxygens (including phenoxy) is 1. The number of benzene rings is 1. The van der Waals surface area contributed by atoms with Crippen LogP contribution in [0, 0.1) is 18.3 Å². The first-order valence-electron chi connectivity index (χ1n) is 4.81. The van der Waals surface area contributed by atoms with Gasteiger partial charge in [-0.3, -0.25) is 4.79 Å². The molecular weight excluding hydrogens is 206 g/mol. The van der Waals surface area contributed by atoms with Gasteiger partial charge in [0.15, 0.2) is 0 Å². The topological polar surface area (TPSA) is 67.2 Å². The molecule has 4 heteroatoms. The van der Waals surface area contributed by atoms with Crippen LogP contribution in [-0.2, 0) is 4.74 Å². The molecule has 0 aliphatic rings. The third kappa shape index (κ3) is 2.26. The van der Waals surface area contributed by atoms with Crippen molar-refractivity contribution in [1.82, 2.24) is 0 Å². The summed E-state index contributed by atoms with van der Waals surface area (Å²) in [6, 6.07) is 4.81. The maximum Gasteiger partial charge on any atom is 0.339 e. The summed E-state index contributed by atoms with van der Waals surface area (Å²) in [5.41, 5.74) is 1.42. The number of carbonyl (C=O) groups excluding carboxylic acids is 2. The zero-order valence-corrected chi connectivity index (χ0v) is 9.11. The van der Waals surface area contributed by atoms with Gasteiger partial charge in [-0.25, -0.2) is 4.79 Å². The highest BCUT2D eigenvalue weighted by molar-refractivity contribution is 5.94. The molecule has 0 spiro atoms. The quantitative estimate of drug-likeness (QED) is 0.572. The van der Waals surface area contributed by atoms with E-state index in [0.29, 0.717) is 17.4 Å². The van der Waals surface area contributed by atoms with Crippen LogP contribution in [0.3, 0.4) is 0 Å². The highest BCUT2D eigenvalue weighted by atomic mass is 16.5. The third-order valence-corrected chi connectivity index (χ3v) is 2.15. The highest BCUT2D eigenvalue weighted by Crippen LogP contribution is 2.16. The third-order valence-electron chi connectivity index (χ3n) is 2.15. The van der Waals surface area contributed by atoms with Crippen molar-refractivity contribution in [2.24, 2.45) is 0 Å². The number of rotatable bonds is 3. The fraction of sp³-hybridized carbons (Fsp3) is 0.250. The predicted molar refractivity (Wildman–Crippen MR) is 57.2 cm³/mol. The molecule has 16 heavy (non-hydrogen) atoms. The van der Waals surface area contributed by atoms with E-state index >= 15 is 0 Å². The highest BCUT2D eigenvalue weighted by Gasteiger charge is 2.14. The van der Waals surface area contributed by atoms with E-state index < -0.39 is 5.97 Å². The maximum atomic E-state index is 11.5. The molecule has 0 amide bonds. The maximum absolute atomic E-state index is 11.5. The molecule has 0 aliphatic carbocycles. The summed E-state index contributed by atoms with van der Waals surface area (Å²) in [6.07, 6.45) is 0.652. The normalized spacial score (nSPS) is 9.31. The second-order valence-corrected chi connectivity index (χ2v) is 3.20. The standard InChI is InChI=1S/C12H11NO3/c1-3-16-12(15)11-5-10(7-14)8(2)4-9(11)6-13/h4-5,7H,3H2,1-2H3. The number of hydrogen-bond donors (Lipinski definition) is 0. The van der Waals surface area contributed by atoms with Crippen LogP contribution in [0.2, 0.25) is 0 Å². The van der Waals surface area contributed by atoms with Crippen molar-refractivity contribution in [2.75, 3.05) is 6.61 Å². The molecule has 0 fully saturated rings. The second kappa shape index (κ2) is 5.08. The van der Waals surface area contributed by atoms with Gasteiger partial charge < -0.3 is 4.74 Å². The summed E-state index contributed by atoms with van der Waals surface area (Å²) in [4.78, 5) is 22.2. The fourth-order valence-electron chi connectivity index (χ4n) is 1.32. The molecule has 0 unspecified atom stereocenters. The monoisotopic (exact) mass is 217 g/mol. The van der Waals surface area contributed by atoms with E-state index in [1.165, 1.54) is 12.1 Å². The number of nitriles is 1. The average Bonchev–Trinajstić information content (AvgIpc) is 2.28. The van der Waals surface area contributed by atoms with E-state index in [0.717, 1.165) is 0 Å². The molecule has 0 saturated heterocycles. The number of nitrogens with zero attached hydrogens (tertiary/aromatic N) is 1. The number of hydrogen-bond acceptors (Lipinski definition) is 4. The first-order valence-corrected chi connectivity index (χ1v) is 4.81. The minimum Gasteiger partial charge on any atom is -0.462 e. The Balaban J connectivity index is 3.31. The molecule has 1 rings (SSSR count). The molecule has 0 aliphatic heterocycles. The molecule has 0 atom stereocenters. The van der Waals surface area contributed by atoms with Gasteiger partial charge in [0, 0.05) is 5.56 Å². The molecule has 82 valence electrons. The van der Waals surface area contributed by atoms with Crippen LogP contribution in [-0.4, -0.2) is 18.9 Å². The number of aryl methyl sites for hydroxylation is 1. The van der Waals surface area contributed by atoms with Crippen molar-refractivity contribution in [3.05, 3.63) is 34.4 Å². The largest absolute Gasteiger partial charge is 0.462 e. The van der Waals surface area contributed by atoms with Crippen LogP contribution in [0.25, 0.3) is 0 Å². The molecular formula is C12H11NO3. The van der Waals surface area contributed by atoms with Crippen molar-refractivity contribution in [3.8, 4) is 6.07 Å². The van der Waals surface area contributed by atoms with Crippen molar-refractivity contribution in [3.63, 3.8) is 0 Å². The van der Waals surface area contributed by atoms with Gasteiger partial charge in [-0.2, -0.15) is 5.26 Å². The van der Waals surface area contributed by atoms with Gasteiger partial charge >= 0.3 is 5.97 Å². The molecule has 0 N–H and O–H groups in total. The summed E-state index contributed by atoms with van der Waals surface area (Å²) in [6.45, 7) is 3.62. The Labute approximate surface area is 93.5 Å². The lowest BCUT2D eigenvalue weighted by molar-refractivity contribution is 0.0526. The lowest BCUT2D eigenvalue weighted by Gasteiger charge is -2.06. The van der Waals surface area contributed by atoms with E-state index in [9.17, 15) is 9.59 Å². The zero-order chi connectivity index (χ0) is 12.1. The molecule has 0 heterocycles. The van der Waals surface area contributed by atoms with Gasteiger partial charge in [-0.05, 0) is 31.5 Å². The van der Waals surface area contributed by atoms with E-state index in [1.54, 1.807) is 13.8 Å². The molecule has 1 aromatic carbocycles. The molecule has 0 radical (unpaired) electrons. The van der Waals surface area contributed by atoms with Gasteiger partial charge in [0.05, 0.1) is 17.7 Å². The van der Waals surface area contributed by atoms with E-state index in [2.05, 4.69) is 0 Å². The summed E-state index contributed by atoms with van der Waals surface area (Å²) >= 11 is 0. The Hall–Kier alpha value is -2.15. The van der Waals surface area contributed by atoms with Crippen LogP contribution in [0.5, 0.6) is 0 Å². The zero-order valence-electron chi connectivity index (χ0n) is 9.11. The minimum absolute atomic E-state index is 0.136. The van der Waals surface area contributed by atoms with Crippen molar-refractivity contribution < 1.29 is 14.3 Å². The average molecular weight is 217 g/mol. The number of carbonyl (C=O) groups is 2. The lowest BCUT2D eigenvalue weighted by atomic mass is 10.0. The summed E-state index contributed by atoms with van der Waals surface area (Å²) < 4.78 is 4.80. The second-order valence-electron chi connectivity index (χ2n) is 3.20. The fourth-order valence-corrected chi connectivity index (χ4v) is 1.32. The van der Waals surface area contributed by atoms with Crippen LogP contribution < -0.4 is 0 Å². The molecule has 0 aromatic heterocycles. The van der Waals surface area contributed by atoms with Gasteiger partial charge in [0.25, 0.3) is 0 Å². The van der Waals surface area contributed by atoms with Crippen molar-refractivity contribution >= 4 is 12.3 Å². The van der Waals surface area contributed by atoms with Gasteiger partial charge in [0.2, 0.25) is 0 Å². The van der Waals surface area contributed by atoms with Crippen LogP contribution >= 0.6 is 0 Å². The van der Waals surface area contributed by atoms with Gasteiger partial charge in [-0.15, -0.1) is 0 Å². The van der Waals surface area contributed by atoms with Crippen molar-refractivity contribution in [2.45, 2.75) is 13.8 Å². The van der Waals surface area contributed by atoms with Crippen molar-refractivity contribution in [1.29, 1.82) is 5.26 Å². The number of aldehydes is 1. The lowest BCUT2D eigenvalue weighted by Crippen LogP contribution is -2.08. The van der Waals surface area contributed by atoms with E-state index in [1.807, 2.05) is 6.07 Å². The molecule has 0 saturated carbocycles.